The molecule has 0 aliphatic heterocycles. The Kier molecular flexibility index (Phi) is 4.69. The number of methoxy groups -OCH3 is 1. The number of terminal acetylenes is 1. The lowest BCUT2D eigenvalue weighted by Gasteiger charge is -2.28. The highest BCUT2D eigenvalue weighted by atomic mass is 35.5. The summed E-state index contributed by atoms with van der Waals surface area (Å²) in [6.07, 6.45) is 7.11. The second-order valence-corrected chi connectivity index (χ2v) is 5.57. The Labute approximate surface area is 129 Å². The summed E-state index contributed by atoms with van der Waals surface area (Å²) >= 11 is 6.27. The van der Waals surface area contributed by atoms with Gasteiger partial charge in [0.2, 0.25) is 0 Å². The van der Waals surface area contributed by atoms with E-state index in [4.69, 9.17) is 22.8 Å². The van der Waals surface area contributed by atoms with Crippen LogP contribution >= 0.6 is 11.6 Å². The van der Waals surface area contributed by atoms with Crippen LogP contribution in [-0.2, 0) is 9.59 Å². The fraction of sp³-hybridized carbons (Fsp3) is 0.412. The van der Waals surface area contributed by atoms with Crippen molar-refractivity contribution in [2.45, 2.75) is 32.1 Å². The van der Waals surface area contributed by atoms with Crippen LogP contribution in [0.4, 0.5) is 0 Å². The van der Waals surface area contributed by atoms with Crippen molar-refractivity contribution >= 4 is 23.2 Å². The van der Waals surface area contributed by atoms with Crippen LogP contribution in [0.3, 0.4) is 0 Å². The first-order valence-corrected chi connectivity index (χ1v) is 7.31. The maximum Gasteiger partial charge on any atom is 0.151 e. The monoisotopic (exact) mass is 304 g/mol. The topological polar surface area (TPSA) is 43.4 Å². The first-order chi connectivity index (χ1) is 10.0. The predicted octanol–water partition coefficient (Wildman–Crippen LogP) is 3.37. The van der Waals surface area contributed by atoms with Crippen LogP contribution in [0.2, 0.25) is 5.02 Å². The van der Waals surface area contributed by atoms with Gasteiger partial charge in [0.15, 0.2) is 5.78 Å². The second-order valence-electron chi connectivity index (χ2n) is 5.16. The molecule has 0 spiro atoms. The van der Waals surface area contributed by atoms with Crippen LogP contribution in [0.1, 0.15) is 43.2 Å². The summed E-state index contributed by atoms with van der Waals surface area (Å²) in [7, 11) is 1.48. The molecular weight excluding hydrogens is 288 g/mol. The Morgan fingerprint density at radius 2 is 2.14 bits per heavy atom. The van der Waals surface area contributed by atoms with Gasteiger partial charge >= 0.3 is 0 Å². The summed E-state index contributed by atoms with van der Waals surface area (Å²) in [5.41, 5.74) is 1.01. The van der Waals surface area contributed by atoms with Crippen LogP contribution in [0, 0.1) is 18.3 Å². The first-order valence-electron chi connectivity index (χ1n) is 6.93. The number of carbonyl (C=O) groups excluding carboxylic acids is 2. The molecule has 0 amide bonds. The van der Waals surface area contributed by atoms with Crippen LogP contribution in [0.15, 0.2) is 12.1 Å². The zero-order valence-corrected chi connectivity index (χ0v) is 12.9. The van der Waals surface area contributed by atoms with Gasteiger partial charge in [-0.1, -0.05) is 24.4 Å². The maximum absolute atomic E-state index is 12.6. The number of ether oxygens (including phenoxy) is 1. The van der Waals surface area contributed by atoms with Crippen LogP contribution in [0.5, 0.6) is 5.75 Å². The van der Waals surface area contributed by atoms with Crippen molar-refractivity contribution in [2.75, 3.05) is 7.11 Å². The van der Waals surface area contributed by atoms with E-state index in [0.717, 1.165) is 6.42 Å². The number of halogens is 1. The summed E-state index contributed by atoms with van der Waals surface area (Å²) in [5.74, 6) is 1.78. The number of carbonyl (C=O) groups is 2. The smallest absolute Gasteiger partial charge is 0.151 e. The van der Waals surface area contributed by atoms with Gasteiger partial charge in [-0.25, -0.2) is 0 Å². The molecule has 2 rings (SSSR count). The van der Waals surface area contributed by atoms with Crippen molar-refractivity contribution in [2.24, 2.45) is 5.92 Å². The highest BCUT2D eigenvalue weighted by Gasteiger charge is 2.39. The van der Waals surface area contributed by atoms with Crippen molar-refractivity contribution in [3.8, 4) is 18.1 Å². The Morgan fingerprint density at radius 3 is 2.71 bits per heavy atom. The minimum atomic E-state index is -0.835. The lowest BCUT2D eigenvalue weighted by molar-refractivity contribution is -0.135. The molecule has 0 aromatic heterocycles. The van der Waals surface area contributed by atoms with Crippen molar-refractivity contribution in [3.63, 3.8) is 0 Å². The molecule has 3 nitrogen and oxygen atoms in total. The van der Waals surface area contributed by atoms with Gasteiger partial charge in [-0.2, -0.15) is 0 Å². The number of rotatable bonds is 3. The van der Waals surface area contributed by atoms with Gasteiger partial charge in [0.1, 0.15) is 17.5 Å². The minimum Gasteiger partial charge on any atom is -0.496 e. The zero-order valence-electron chi connectivity index (χ0n) is 12.1. The number of hydrogen-bond donors (Lipinski definition) is 0. The SMILES string of the molecule is C#Cc1cc(Cl)c(C2C(=O)CCC(CC)C2=O)c(OC)c1. The van der Waals surface area contributed by atoms with Crippen molar-refractivity contribution in [1.29, 1.82) is 0 Å². The van der Waals surface area contributed by atoms with E-state index in [9.17, 15) is 9.59 Å². The molecule has 1 aliphatic carbocycles. The Balaban J connectivity index is 2.56. The molecule has 4 heteroatoms. The van der Waals surface area contributed by atoms with E-state index in [1.165, 1.54) is 7.11 Å². The minimum absolute atomic E-state index is 0.0672. The third kappa shape index (κ3) is 2.82. The molecule has 1 aromatic rings. The number of ketones is 2. The third-order valence-electron chi connectivity index (χ3n) is 4.01. The zero-order chi connectivity index (χ0) is 15.6. The molecule has 1 fully saturated rings. The molecule has 0 bridgehead atoms. The third-order valence-corrected chi connectivity index (χ3v) is 4.32. The first kappa shape index (κ1) is 15.6. The molecular formula is C17H17ClO3. The molecule has 1 saturated carbocycles. The summed E-state index contributed by atoms with van der Waals surface area (Å²) in [6.45, 7) is 1.95. The molecule has 0 heterocycles. The second kappa shape index (κ2) is 6.32. The fourth-order valence-electron chi connectivity index (χ4n) is 2.83. The number of benzene rings is 1. The Bertz CT molecular complexity index is 628. The van der Waals surface area contributed by atoms with Gasteiger partial charge in [0.05, 0.1) is 7.11 Å². The molecule has 2 unspecified atom stereocenters. The van der Waals surface area contributed by atoms with E-state index in [1.807, 2.05) is 6.92 Å². The predicted molar refractivity (Wildman–Crippen MR) is 81.7 cm³/mol. The number of Topliss-reactive ketones (excluding diaryl/α,β-unsaturated/α-hetero) is 2. The van der Waals surface area contributed by atoms with E-state index in [2.05, 4.69) is 5.92 Å². The van der Waals surface area contributed by atoms with Crippen molar-refractivity contribution in [3.05, 3.63) is 28.3 Å². The Hall–Kier alpha value is -1.79. The lowest BCUT2D eigenvalue weighted by Crippen LogP contribution is -2.34. The van der Waals surface area contributed by atoms with E-state index in [-0.39, 0.29) is 17.5 Å². The van der Waals surface area contributed by atoms with E-state index < -0.39 is 5.92 Å². The fourth-order valence-corrected chi connectivity index (χ4v) is 3.15. The van der Waals surface area contributed by atoms with Crippen molar-refractivity contribution < 1.29 is 14.3 Å². The summed E-state index contributed by atoms with van der Waals surface area (Å²) in [6, 6.07) is 3.23. The molecule has 0 saturated heterocycles. The molecule has 1 aromatic carbocycles. The molecule has 1 aliphatic rings. The lowest BCUT2D eigenvalue weighted by atomic mass is 9.74. The van der Waals surface area contributed by atoms with Gasteiger partial charge < -0.3 is 4.74 Å². The van der Waals surface area contributed by atoms with E-state index in [0.29, 0.717) is 34.7 Å². The average Bonchev–Trinajstić information content (AvgIpc) is 2.48. The van der Waals surface area contributed by atoms with Crippen molar-refractivity contribution in [1.82, 2.24) is 0 Å². The number of hydrogen-bond acceptors (Lipinski definition) is 3. The van der Waals surface area contributed by atoms with Gasteiger partial charge in [0, 0.05) is 28.5 Å². The van der Waals surface area contributed by atoms with Gasteiger partial charge in [-0.15, -0.1) is 6.42 Å². The quantitative estimate of drug-likeness (QED) is 0.635. The summed E-state index contributed by atoms with van der Waals surface area (Å²) < 4.78 is 5.30. The maximum atomic E-state index is 12.6. The molecule has 21 heavy (non-hydrogen) atoms. The van der Waals surface area contributed by atoms with Crippen LogP contribution < -0.4 is 4.74 Å². The molecule has 110 valence electrons. The normalized spacial score (nSPS) is 22.0. The Morgan fingerprint density at radius 1 is 1.43 bits per heavy atom. The molecule has 0 N–H and O–H groups in total. The molecule has 0 radical (unpaired) electrons. The highest BCUT2D eigenvalue weighted by molar-refractivity contribution is 6.32. The van der Waals surface area contributed by atoms with Gasteiger partial charge in [0.25, 0.3) is 0 Å². The largest absolute Gasteiger partial charge is 0.496 e. The van der Waals surface area contributed by atoms with Gasteiger partial charge in [-0.3, -0.25) is 9.59 Å². The van der Waals surface area contributed by atoms with Gasteiger partial charge in [-0.05, 0) is 25.0 Å². The highest BCUT2D eigenvalue weighted by Crippen LogP contribution is 2.40. The van der Waals surface area contributed by atoms with E-state index >= 15 is 0 Å². The van der Waals surface area contributed by atoms with E-state index in [1.54, 1.807) is 12.1 Å². The molecule has 2 atom stereocenters. The average molecular weight is 305 g/mol. The summed E-state index contributed by atoms with van der Waals surface area (Å²) in [4.78, 5) is 24.8. The standard InChI is InChI=1S/C17H17ClO3/c1-4-10-8-12(18)15(14(9-10)21-3)16-13(19)7-6-11(5-2)17(16)20/h1,8-9,11,16H,5-7H2,2-3H3. The summed E-state index contributed by atoms with van der Waals surface area (Å²) in [5, 5.41) is 0.311. The van der Waals surface area contributed by atoms with Crippen LogP contribution in [-0.4, -0.2) is 18.7 Å². The van der Waals surface area contributed by atoms with Crippen LogP contribution in [0.25, 0.3) is 0 Å².